The highest BCUT2D eigenvalue weighted by Crippen LogP contribution is 2.54. The summed E-state index contributed by atoms with van der Waals surface area (Å²) in [6, 6.07) is 12.2. The van der Waals surface area contributed by atoms with Crippen LogP contribution in [0.5, 0.6) is 0 Å². The highest BCUT2D eigenvalue weighted by Gasteiger charge is 2.57. The van der Waals surface area contributed by atoms with Gasteiger partial charge in [-0.2, -0.15) is 9.28 Å². The Morgan fingerprint density at radius 2 is 1.74 bits per heavy atom. The van der Waals surface area contributed by atoms with Crippen molar-refractivity contribution in [1.29, 1.82) is 0 Å². The molecule has 4 rings (SSSR count). The van der Waals surface area contributed by atoms with Crippen LogP contribution >= 0.6 is 15.9 Å². The van der Waals surface area contributed by atoms with E-state index in [0.29, 0.717) is 34.0 Å². The van der Waals surface area contributed by atoms with Crippen LogP contribution in [0.15, 0.2) is 53.1 Å². The van der Waals surface area contributed by atoms with Crippen molar-refractivity contribution in [3.63, 3.8) is 0 Å². The van der Waals surface area contributed by atoms with Gasteiger partial charge in [-0.3, -0.25) is 0 Å². The fourth-order valence-corrected chi connectivity index (χ4v) is 7.72. The van der Waals surface area contributed by atoms with Gasteiger partial charge in [-0.25, -0.2) is 13.2 Å². The lowest BCUT2D eigenvalue weighted by Gasteiger charge is -2.38. The number of benzene rings is 2. The number of halogens is 1. The van der Waals surface area contributed by atoms with Crippen LogP contribution < -0.4 is 4.48 Å². The number of nitrogens with zero attached hydrogens (tertiary/aromatic N) is 1. The van der Waals surface area contributed by atoms with E-state index in [1.54, 1.807) is 57.3 Å². The number of carboxylic acid groups (broad SMARTS) is 2. The van der Waals surface area contributed by atoms with Crippen LogP contribution in [0.3, 0.4) is 0 Å². The smallest absolute Gasteiger partial charge is 0.477 e. The van der Waals surface area contributed by atoms with Crippen LogP contribution in [0.2, 0.25) is 0 Å². The van der Waals surface area contributed by atoms with E-state index in [0.717, 1.165) is 0 Å². The van der Waals surface area contributed by atoms with E-state index in [1.165, 1.54) is 6.07 Å². The van der Waals surface area contributed by atoms with Crippen LogP contribution in [0.4, 0.5) is 10.5 Å². The third-order valence-corrected chi connectivity index (χ3v) is 9.55. The van der Waals surface area contributed by atoms with E-state index < -0.39 is 37.2 Å². The van der Waals surface area contributed by atoms with Crippen LogP contribution in [0, 0.1) is 5.92 Å². The second-order valence-electron chi connectivity index (χ2n) is 9.90. The Hall–Kier alpha value is -2.49. The van der Waals surface area contributed by atoms with Gasteiger partial charge in [0.05, 0.1) is 11.0 Å². The van der Waals surface area contributed by atoms with Gasteiger partial charge in [0.2, 0.25) is 0 Å². The van der Waals surface area contributed by atoms with Crippen molar-refractivity contribution in [3.8, 4) is 0 Å². The molecule has 2 aromatic rings. The molecule has 3 atom stereocenters. The minimum atomic E-state index is -3.37. The normalized spacial score (nSPS) is 25.9. The number of quaternary nitrogens is 1. The average Bonchev–Trinajstić information content (AvgIpc) is 3.10. The Bertz CT molecular complexity index is 1310. The van der Waals surface area contributed by atoms with E-state index in [1.807, 2.05) is 6.07 Å². The zero-order valence-electron chi connectivity index (χ0n) is 19.2. The van der Waals surface area contributed by atoms with Gasteiger partial charge in [0.25, 0.3) is 0 Å². The Balaban J connectivity index is 1.94. The molecule has 1 fully saturated rings. The molecule has 7 nitrogen and oxygen atoms in total. The molecular weight excluding hydrogens is 522 g/mol. The molecule has 1 saturated heterocycles. The Kier molecular flexibility index (Phi) is 6.03. The van der Waals surface area contributed by atoms with Crippen LogP contribution in [0.1, 0.15) is 60.3 Å². The molecule has 2 heterocycles. The molecule has 0 radical (unpaired) electrons. The van der Waals surface area contributed by atoms with Gasteiger partial charge < -0.3 is 10.2 Å². The second kappa shape index (κ2) is 8.32. The van der Waals surface area contributed by atoms with E-state index in [4.69, 9.17) is 0 Å². The van der Waals surface area contributed by atoms with E-state index in [9.17, 15) is 28.2 Å². The molecule has 0 aliphatic carbocycles. The summed E-state index contributed by atoms with van der Waals surface area (Å²) in [4.78, 5) is 25.1. The fourth-order valence-electron chi connectivity index (χ4n) is 5.26. The van der Waals surface area contributed by atoms with Crippen molar-refractivity contribution in [3.05, 3.63) is 69.8 Å². The predicted molar refractivity (Wildman–Crippen MR) is 134 cm³/mol. The maximum Gasteiger partial charge on any atom is 0.524 e. The molecule has 0 spiro atoms. The number of aromatic carboxylic acids is 1. The molecule has 180 valence electrons. The van der Waals surface area contributed by atoms with Gasteiger partial charge in [-0.05, 0) is 57.2 Å². The molecule has 0 saturated carbocycles. The van der Waals surface area contributed by atoms with Crippen molar-refractivity contribution in [2.75, 3.05) is 5.75 Å². The number of hydrogen-bond acceptors (Lipinski definition) is 4. The first-order valence-electron chi connectivity index (χ1n) is 11.0. The number of sulfone groups is 1. The quantitative estimate of drug-likeness (QED) is 0.465. The third-order valence-electron chi connectivity index (χ3n) is 6.96. The lowest BCUT2D eigenvalue weighted by atomic mass is 9.85. The van der Waals surface area contributed by atoms with E-state index >= 15 is 0 Å². The van der Waals surface area contributed by atoms with Crippen LogP contribution in [-0.2, 0) is 9.84 Å². The largest absolute Gasteiger partial charge is 0.524 e. The summed E-state index contributed by atoms with van der Waals surface area (Å²) >= 11 is 3.39. The highest BCUT2D eigenvalue weighted by molar-refractivity contribution is 9.10. The van der Waals surface area contributed by atoms with Crippen molar-refractivity contribution < 1.29 is 28.2 Å². The molecule has 9 heteroatoms. The van der Waals surface area contributed by atoms with Gasteiger partial charge in [-0.1, -0.05) is 46.3 Å². The summed E-state index contributed by atoms with van der Waals surface area (Å²) < 4.78 is 25.8. The first-order valence-corrected chi connectivity index (χ1v) is 13.5. The summed E-state index contributed by atoms with van der Waals surface area (Å²) in [7, 11) is -3.37. The number of fused-ring (bicyclic) bond motifs is 1. The number of carboxylic acids is 1. The topological polar surface area (TPSA) is 109 Å². The monoisotopic (exact) mass is 548 g/mol. The highest BCUT2D eigenvalue weighted by atomic mass is 79.9. The molecule has 34 heavy (non-hydrogen) atoms. The lowest BCUT2D eigenvalue weighted by molar-refractivity contribution is 0.0693. The number of carbonyl (C=O) groups is 2. The minimum Gasteiger partial charge on any atom is -0.477 e. The Labute approximate surface area is 207 Å². The van der Waals surface area contributed by atoms with Gasteiger partial charge in [0, 0.05) is 15.6 Å². The second-order valence-corrected chi connectivity index (χ2v) is 13.1. The van der Waals surface area contributed by atoms with Gasteiger partial charge in [-0.15, -0.1) is 0 Å². The molecule has 2 aliphatic rings. The SMILES string of the molecule is CC(C)(C)[N+]1(C(=O)O)C=C(C2CCS(=O)(=O)C(c3ccccc3)C2)c2cc(Br)cc(C(=O)O)c21. The third kappa shape index (κ3) is 3.79. The summed E-state index contributed by atoms with van der Waals surface area (Å²) in [6.07, 6.45) is 1.10. The minimum absolute atomic E-state index is 0.0215. The maximum atomic E-state index is 13.0. The Morgan fingerprint density at radius 3 is 2.29 bits per heavy atom. The molecule has 2 aromatic carbocycles. The number of amides is 1. The fraction of sp³-hybridized carbons (Fsp3) is 0.360. The van der Waals surface area contributed by atoms with Gasteiger partial charge in [0.1, 0.15) is 17.3 Å². The zero-order valence-corrected chi connectivity index (χ0v) is 21.6. The molecular formula is C25H27BrNO6S+. The van der Waals surface area contributed by atoms with Crippen molar-refractivity contribution in [1.82, 2.24) is 4.48 Å². The maximum absolute atomic E-state index is 13.0. The first-order chi connectivity index (χ1) is 15.8. The number of rotatable bonds is 3. The van der Waals surface area contributed by atoms with Crippen LogP contribution in [0.25, 0.3) is 5.57 Å². The predicted octanol–water partition coefficient (Wildman–Crippen LogP) is 5.85. The van der Waals surface area contributed by atoms with E-state index in [2.05, 4.69) is 15.9 Å². The molecule has 0 bridgehead atoms. The average molecular weight is 549 g/mol. The summed E-state index contributed by atoms with van der Waals surface area (Å²) in [5.74, 6) is -1.48. The Morgan fingerprint density at radius 1 is 1.09 bits per heavy atom. The molecule has 2 aliphatic heterocycles. The lowest BCUT2D eigenvalue weighted by Crippen LogP contribution is -2.60. The van der Waals surface area contributed by atoms with Crippen LogP contribution in [-0.4, -0.2) is 42.0 Å². The summed E-state index contributed by atoms with van der Waals surface area (Å²) in [5, 5.41) is 19.8. The summed E-state index contributed by atoms with van der Waals surface area (Å²) in [5.41, 5.74) is 1.15. The van der Waals surface area contributed by atoms with Crippen molar-refractivity contribution in [2.45, 2.75) is 44.4 Å². The molecule has 0 aromatic heterocycles. The van der Waals surface area contributed by atoms with Crippen molar-refractivity contribution in [2.24, 2.45) is 5.92 Å². The van der Waals surface area contributed by atoms with E-state index in [-0.39, 0.29) is 22.9 Å². The molecule has 3 unspecified atom stereocenters. The molecule has 2 N–H and O–H groups in total. The summed E-state index contributed by atoms with van der Waals surface area (Å²) in [6.45, 7) is 5.28. The zero-order chi connectivity index (χ0) is 25.1. The first kappa shape index (κ1) is 24.6. The van der Waals surface area contributed by atoms with Crippen molar-refractivity contribution >= 4 is 49.1 Å². The molecule has 1 amide bonds. The number of hydrogen-bond donors (Lipinski definition) is 2. The standard InChI is InChI=1S/C25H26BrNO6S/c1-25(2,3)27(24(30)31)14-20(18-12-17(26)13-19(22(18)27)23(28)29)16-9-10-34(32,33)21(11-16)15-7-5-4-6-8-15/h4-8,12-14,16,21H,9-11H2,1-3H3,(H-,28,29,30,31)/p+1. The van der Waals surface area contributed by atoms with Gasteiger partial charge in [0.15, 0.2) is 15.5 Å². The number of allylic oxidation sites excluding steroid dienone is 1. The van der Waals surface area contributed by atoms with Gasteiger partial charge >= 0.3 is 12.1 Å².